The van der Waals surface area contributed by atoms with Crippen LogP contribution in [-0.4, -0.2) is 11.0 Å². The second-order valence-electron chi connectivity index (χ2n) is 6.89. The molecule has 0 saturated heterocycles. The minimum Gasteiger partial charge on any atom is -0.486 e. The number of nitrogens with zero attached hydrogens (tertiary/aromatic N) is 2. The fraction of sp³-hybridized carbons (Fsp3) is 0.182. The predicted molar refractivity (Wildman–Crippen MR) is 111 cm³/mol. The van der Waals surface area contributed by atoms with Crippen LogP contribution in [0.5, 0.6) is 5.75 Å². The number of pyridine rings is 1. The minimum atomic E-state index is -0.563. The normalized spacial score (nSPS) is 10.4. The van der Waals surface area contributed by atoms with Gasteiger partial charge < -0.3 is 4.74 Å². The second kappa shape index (κ2) is 9.13. The van der Waals surface area contributed by atoms with E-state index < -0.39 is 6.03 Å². The van der Waals surface area contributed by atoms with E-state index in [2.05, 4.69) is 20.9 Å². The van der Waals surface area contributed by atoms with Crippen molar-refractivity contribution in [2.24, 2.45) is 5.22 Å². The van der Waals surface area contributed by atoms with Crippen molar-refractivity contribution in [1.29, 1.82) is 0 Å². The molecule has 4 N–H and O–H groups in total. The third-order valence-corrected chi connectivity index (χ3v) is 4.68. The number of nitrogens with two attached hydrogens (primary N) is 1. The van der Waals surface area contributed by atoms with E-state index in [4.69, 9.17) is 10.3 Å². The summed E-state index contributed by atoms with van der Waals surface area (Å²) in [6.07, 6.45) is 1.46. The SMILES string of the molecule is Cc1cc(-c2cc(F)ccn2)c(C)cc1COc1c(C)cccc1NC(=O)NN=[NH2+]. The van der Waals surface area contributed by atoms with Crippen molar-refractivity contribution in [1.82, 2.24) is 10.4 Å². The van der Waals surface area contributed by atoms with Gasteiger partial charge in [-0.1, -0.05) is 23.6 Å². The van der Waals surface area contributed by atoms with E-state index in [0.29, 0.717) is 23.7 Å². The van der Waals surface area contributed by atoms with Gasteiger partial charge in [-0.15, -0.1) is 0 Å². The fourth-order valence-electron chi connectivity index (χ4n) is 3.16. The highest BCUT2D eigenvalue weighted by Gasteiger charge is 2.14. The van der Waals surface area contributed by atoms with Crippen LogP contribution in [0.2, 0.25) is 0 Å². The summed E-state index contributed by atoms with van der Waals surface area (Å²) < 4.78 is 19.6. The number of halogens is 1. The number of nitrogens with one attached hydrogen (secondary N) is 2. The number of aryl methyl sites for hydroxylation is 3. The molecule has 0 fully saturated rings. The molecule has 3 rings (SSSR count). The molecule has 8 heteroatoms. The Bertz CT molecular complexity index is 1100. The van der Waals surface area contributed by atoms with Gasteiger partial charge in [0.2, 0.25) is 0 Å². The van der Waals surface area contributed by atoms with Crippen molar-refractivity contribution in [2.45, 2.75) is 27.4 Å². The number of para-hydroxylation sites is 1. The van der Waals surface area contributed by atoms with Crippen LogP contribution in [0.1, 0.15) is 22.3 Å². The first-order valence-electron chi connectivity index (χ1n) is 9.30. The Hall–Kier alpha value is -3.81. The maximum atomic E-state index is 13.6. The molecule has 7 nitrogen and oxygen atoms in total. The quantitative estimate of drug-likeness (QED) is 0.429. The second-order valence-corrected chi connectivity index (χ2v) is 6.89. The van der Waals surface area contributed by atoms with Crippen molar-refractivity contribution in [2.75, 3.05) is 5.32 Å². The molecule has 0 aliphatic heterocycles. The molecule has 30 heavy (non-hydrogen) atoms. The Morgan fingerprint density at radius 3 is 2.67 bits per heavy atom. The van der Waals surface area contributed by atoms with Gasteiger partial charge in [-0.3, -0.25) is 10.3 Å². The topological polar surface area (TPSA) is 101 Å². The number of aromatic nitrogens is 1. The van der Waals surface area contributed by atoms with Crippen molar-refractivity contribution in [3.05, 3.63) is 76.7 Å². The maximum absolute atomic E-state index is 13.6. The van der Waals surface area contributed by atoms with E-state index >= 15 is 0 Å². The summed E-state index contributed by atoms with van der Waals surface area (Å²) in [7, 11) is 0. The molecule has 154 valence electrons. The molecule has 2 amide bonds. The van der Waals surface area contributed by atoms with Gasteiger partial charge in [0.1, 0.15) is 18.2 Å². The first-order chi connectivity index (χ1) is 14.4. The lowest BCUT2D eigenvalue weighted by atomic mass is 9.98. The molecule has 2 aromatic carbocycles. The van der Waals surface area contributed by atoms with E-state index in [9.17, 15) is 9.18 Å². The van der Waals surface area contributed by atoms with E-state index in [1.807, 2.05) is 45.0 Å². The van der Waals surface area contributed by atoms with Crippen LogP contribution in [0.3, 0.4) is 0 Å². The van der Waals surface area contributed by atoms with Gasteiger partial charge in [0, 0.05) is 17.8 Å². The van der Waals surface area contributed by atoms with E-state index in [1.54, 1.807) is 6.07 Å². The van der Waals surface area contributed by atoms with Crippen LogP contribution in [0.4, 0.5) is 14.9 Å². The van der Waals surface area contributed by atoms with Crippen molar-refractivity contribution in [3.63, 3.8) is 0 Å². The predicted octanol–water partition coefficient (Wildman–Crippen LogP) is 3.64. The molecule has 1 heterocycles. The average molecular weight is 408 g/mol. The Balaban J connectivity index is 1.84. The number of hydrogen-bond donors (Lipinski definition) is 3. The monoisotopic (exact) mass is 408 g/mol. The summed E-state index contributed by atoms with van der Waals surface area (Å²) in [6, 6.07) is 11.6. The lowest BCUT2D eigenvalue weighted by Gasteiger charge is -2.16. The number of urea groups is 1. The van der Waals surface area contributed by atoms with Crippen molar-refractivity contribution < 1.29 is 19.5 Å². The molecule has 0 aliphatic rings. The van der Waals surface area contributed by atoms with E-state index in [0.717, 1.165) is 27.8 Å². The number of ether oxygens (including phenoxy) is 1. The molecule has 0 spiro atoms. The summed E-state index contributed by atoms with van der Waals surface area (Å²) in [5.41, 5.74) is 12.9. The molecule has 0 radical (unpaired) electrons. The summed E-state index contributed by atoms with van der Waals surface area (Å²) in [5, 5.41) is 5.76. The Morgan fingerprint density at radius 1 is 1.13 bits per heavy atom. The van der Waals surface area contributed by atoms with Crippen molar-refractivity contribution >= 4 is 11.7 Å². The lowest BCUT2D eigenvalue weighted by molar-refractivity contribution is -0.228. The zero-order valence-corrected chi connectivity index (χ0v) is 17.0. The van der Waals surface area contributed by atoms with E-state index in [1.165, 1.54) is 18.3 Å². The number of carbonyl (C=O) groups is 1. The van der Waals surface area contributed by atoms with Gasteiger partial charge in [-0.05, 0) is 61.2 Å². The minimum absolute atomic E-state index is 0.298. The third-order valence-electron chi connectivity index (χ3n) is 4.68. The molecular formula is C22H23FN5O2+. The molecule has 0 bridgehead atoms. The van der Waals surface area contributed by atoms with Crippen LogP contribution in [0.25, 0.3) is 11.3 Å². The Kier molecular flexibility index (Phi) is 6.36. The standard InChI is InChI=1S/C22H22FN5O2/c1-13-5-4-6-19(26-22(29)27-28-24)21(13)30-12-16-9-15(3)18(10-14(16)2)20-11-17(23)7-8-25-20/h4-11H,12H2,1-3H3,(H3,24,26,27,29)/p+1. The number of hydrogen-bond acceptors (Lipinski definition) is 4. The molecule has 0 atom stereocenters. The first kappa shape index (κ1) is 20.9. The summed E-state index contributed by atoms with van der Waals surface area (Å²) in [5.74, 6) is 0.230. The molecule has 0 saturated carbocycles. The van der Waals surface area contributed by atoms with Crippen LogP contribution < -0.4 is 21.0 Å². The zero-order chi connectivity index (χ0) is 21.7. The smallest absolute Gasteiger partial charge is 0.431 e. The van der Waals surface area contributed by atoms with Crippen LogP contribution in [0, 0.1) is 26.6 Å². The zero-order valence-electron chi connectivity index (χ0n) is 17.0. The van der Waals surface area contributed by atoms with Gasteiger partial charge >= 0.3 is 6.03 Å². The van der Waals surface area contributed by atoms with Gasteiger partial charge in [-0.25, -0.2) is 9.18 Å². The number of anilines is 1. The van der Waals surface area contributed by atoms with Gasteiger partial charge in [-0.2, -0.15) is 5.53 Å². The lowest BCUT2D eigenvalue weighted by Crippen LogP contribution is -2.35. The molecular weight excluding hydrogens is 385 g/mol. The first-order valence-corrected chi connectivity index (χ1v) is 9.30. The maximum Gasteiger partial charge on any atom is 0.431 e. The third kappa shape index (κ3) is 4.78. The highest BCUT2D eigenvalue weighted by Crippen LogP contribution is 2.31. The van der Waals surface area contributed by atoms with Crippen molar-refractivity contribution in [3.8, 4) is 17.0 Å². The largest absolute Gasteiger partial charge is 0.486 e. The number of rotatable bonds is 6. The Labute approximate surface area is 173 Å². The average Bonchev–Trinajstić information content (AvgIpc) is 2.70. The summed E-state index contributed by atoms with van der Waals surface area (Å²) in [6.45, 7) is 6.11. The fourth-order valence-corrected chi connectivity index (χ4v) is 3.16. The highest BCUT2D eigenvalue weighted by molar-refractivity contribution is 5.90. The highest BCUT2D eigenvalue weighted by atomic mass is 19.1. The summed E-state index contributed by atoms with van der Waals surface area (Å²) in [4.78, 5) is 16.0. The van der Waals surface area contributed by atoms with Crippen LogP contribution in [0.15, 0.2) is 53.9 Å². The molecule has 0 unspecified atom stereocenters. The van der Waals surface area contributed by atoms with Crippen LogP contribution in [-0.2, 0) is 6.61 Å². The Morgan fingerprint density at radius 2 is 1.93 bits per heavy atom. The van der Waals surface area contributed by atoms with E-state index in [-0.39, 0.29) is 5.82 Å². The van der Waals surface area contributed by atoms with Crippen LogP contribution >= 0.6 is 0 Å². The molecule has 0 aliphatic carbocycles. The van der Waals surface area contributed by atoms with Gasteiger partial charge in [0.25, 0.3) is 0 Å². The van der Waals surface area contributed by atoms with Gasteiger partial charge in [0.15, 0.2) is 0 Å². The molecule has 1 aromatic heterocycles. The number of amides is 2. The number of benzene rings is 2. The number of carbonyl (C=O) groups excluding carboxylic acids is 1. The summed E-state index contributed by atoms with van der Waals surface area (Å²) >= 11 is 0. The van der Waals surface area contributed by atoms with Gasteiger partial charge in [0.05, 0.1) is 16.6 Å². The molecule has 3 aromatic rings.